The van der Waals surface area contributed by atoms with E-state index in [-0.39, 0.29) is 5.63 Å². The Morgan fingerprint density at radius 1 is 1.21 bits per heavy atom. The van der Waals surface area contributed by atoms with E-state index in [0.29, 0.717) is 23.1 Å². The maximum Gasteiger partial charge on any atom is 0.336 e. The van der Waals surface area contributed by atoms with Gasteiger partial charge in [0.05, 0.1) is 7.11 Å². The molecule has 0 spiro atoms. The van der Waals surface area contributed by atoms with Crippen molar-refractivity contribution in [1.82, 2.24) is 14.8 Å². The van der Waals surface area contributed by atoms with Gasteiger partial charge in [-0.05, 0) is 43.4 Å². The van der Waals surface area contributed by atoms with Crippen molar-refractivity contribution < 1.29 is 9.15 Å². The van der Waals surface area contributed by atoms with Gasteiger partial charge in [0.1, 0.15) is 11.3 Å². The van der Waals surface area contributed by atoms with E-state index in [9.17, 15) is 4.79 Å². The van der Waals surface area contributed by atoms with Crippen LogP contribution in [0.5, 0.6) is 5.75 Å². The summed E-state index contributed by atoms with van der Waals surface area (Å²) in [6, 6.07) is 7.66. The fourth-order valence-corrected chi connectivity index (χ4v) is 4.74. The highest BCUT2D eigenvalue weighted by Gasteiger charge is 2.32. The third-order valence-corrected chi connectivity index (χ3v) is 6.33. The number of benzene rings is 1. The zero-order chi connectivity index (χ0) is 19.1. The summed E-state index contributed by atoms with van der Waals surface area (Å²) < 4.78 is 12.9. The van der Waals surface area contributed by atoms with Gasteiger partial charge < -0.3 is 14.1 Å². The standard InChI is InChI=1S/C20H22N4O3S/c1-26-15-6-7-16-13(10-18(25)27-17(16)11-15)12-28-20-22-21-19(23-8-2-3-9-23)24(20)14-4-5-14/h6-7,10-11,14H,2-5,8-9,12H2,1H3. The number of fused-ring (bicyclic) bond motifs is 1. The van der Waals surface area contributed by atoms with Crippen LogP contribution in [-0.4, -0.2) is 35.0 Å². The molecule has 0 bridgehead atoms. The van der Waals surface area contributed by atoms with Crippen LogP contribution >= 0.6 is 11.8 Å². The van der Waals surface area contributed by atoms with Gasteiger partial charge in [0.2, 0.25) is 5.95 Å². The second-order valence-electron chi connectivity index (χ2n) is 7.32. The molecule has 2 fully saturated rings. The van der Waals surface area contributed by atoms with Crippen molar-refractivity contribution in [3.05, 3.63) is 40.2 Å². The molecule has 0 radical (unpaired) electrons. The average Bonchev–Trinajstić information content (AvgIpc) is 3.23. The van der Waals surface area contributed by atoms with Crippen LogP contribution < -0.4 is 15.3 Å². The number of rotatable bonds is 6. The van der Waals surface area contributed by atoms with Crippen LogP contribution in [0.15, 0.2) is 38.6 Å². The lowest BCUT2D eigenvalue weighted by Crippen LogP contribution is -2.22. The Kier molecular flexibility index (Phi) is 4.50. The second kappa shape index (κ2) is 7.16. The average molecular weight is 398 g/mol. The van der Waals surface area contributed by atoms with Gasteiger partial charge in [-0.25, -0.2) is 4.79 Å². The quantitative estimate of drug-likeness (QED) is 0.464. The molecule has 0 N–H and O–H groups in total. The Hall–Kier alpha value is -2.48. The van der Waals surface area contributed by atoms with Gasteiger partial charge in [0.25, 0.3) is 0 Å². The largest absolute Gasteiger partial charge is 0.497 e. The van der Waals surface area contributed by atoms with E-state index in [1.165, 1.54) is 25.7 Å². The Morgan fingerprint density at radius 3 is 2.79 bits per heavy atom. The smallest absolute Gasteiger partial charge is 0.336 e. The second-order valence-corrected chi connectivity index (χ2v) is 8.26. The summed E-state index contributed by atoms with van der Waals surface area (Å²) >= 11 is 1.63. The van der Waals surface area contributed by atoms with Gasteiger partial charge in [-0.1, -0.05) is 11.8 Å². The zero-order valence-corrected chi connectivity index (χ0v) is 16.6. The van der Waals surface area contributed by atoms with Gasteiger partial charge in [-0.3, -0.25) is 4.57 Å². The molecule has 2 aliphatic rings. The summed E-state index contributed by atoms with van der Waals surface area (Å²) in [5.41, 5.74) is 1.13. The van der Waals surface area contributed by atoms with Crippen molar-refractivity contribution >= 4 is 28.7 Å². The van der Waals surface area contributed by atoms with E-state index in [4.69, 9.17) is 9.15 Å². The molecule has 1 aliphatic carbocycles. The molecule has 3 aromatic rings. The topological polar surface area (TPSA) is 73.4 Å². The third kappa shape index (κ3) is 3.26. The molecular weight excluding hydrogens is 376 g/mol. The molecule has 146 valence electrons. The first-order valence-corrected chi connectivity index (χ1v) is 10.6. The van der Waals surface area contributed by atoms with E-state index in [1.54, 1.807) is 31.0 Å². The first kappa shape index (κ1) is 17.6. The molecule has 5 rings (SSSR count). The lowest BCUT2D eigenvalue weighted by Gasteiger charge is -2.18. The molecular formula is C20H22N4O3S. The van der Waals surface area contributed by atoms with Crippen LogP contribution in [0, 0.1) is 0 Å². The number of methoxy groups -OCH3 is 1. The van der Waals surface area contributed by atoms with Crippen LogP contribution in [0.25, 0.3) is 11.0 Å². The van der Waals surface area contributed by atoms with Crippen molar-refractivity contribution in [3.63, 3.8) is 0 Å². The molecule has 3 heterocycles. The summed E-state index contributed by atoms with van der Waals surface area (Å²) in [4.78, 5) is 14.4. The van der Waals surface area contributed by atoms with E-state index in [0.717, 1.165) is 35.1 Å². The molecule has 1 aliphatic heterocycles. The number of nitrogens with zero attached hydrogens (tertiary/aromatic N) is 4. The van der Waals surface area contributed by atoms with Crippen LogP contribution in [0.3, 0.4) is 0 Å². The van der Waals surface area contributed by atoms with E-state index < -0.39 is 0 Å². The van der Waals surface area contributed by atoms with Crippen LogP contribution in [-0.2, 0) is 5.75 Å². The molecule has 8 heteroatoms. The Balaban J connectivity index is 1.44. The first-order chi connectivity index (χ1) is 13.7. The third-order valence-electron chi connectivity index (χ3n) is 5.34. The van der Waals surface area contributed by atoms with E-state index in [2.05, 4.69) is 19.7 Å². The Morgan fingerprint density at radius 2 is 2.04 bits per heavy atom. The minimum absolute atomic E-state index is 0.349. The van der Waals surface area contributed by atoms with E-state index >= 15 is 0 Å². The first-order valence-electron chi connectivity index (χ1n) is 9.66. The predicted molar refractivity (Wildman–Crippen MR) is 108 cm³/mol. The lowest BCUT2D eigenvalue weighted by molar-refractivity contribution is 0.414. The minimum atomic E-state index is -0.349. The number of aromatic nitrogens is 3. The van der Waals surface area contributed by atoms with Crippen LogP contribution in [0.1, 0.15) is 37.3 Å². The van der Waals surface area contributed by atoms with Crippen molar-refractivity contribution in [2.75, 3.05) is 25.1 Å². The molecule has 28 heavy (non-hydrogen) atoms. The van der Waals surface area contributed by atoms with Gasteiger partial charge >= 0.3 is 5.63 Å². The predicted octanol–water partition coefficient (Wildman–Crippen LogP) is 3.62. The van der Waals surface area contributed by atoms with Crippen LogP contribution in [0.4, 0.5) is 5.95 Å². The summed E-state index contributed by atoms with van der Waals surface area (Å²) in [5.74, 6) is 2.31. The monoisotopic (exact) mass is 398 g/mol. The molecule has 1 saturated carbocycles. The maximum atomic E-state index is 12.0. The van der Waals surface area contributed by atoms with Crippen molar-refractivity contribution in [3.8, 4) is 5.75 Å². The summed E-state index contributed by atoms with van der Waals surface area (Å²) in [7, 11) is 1.60. The number of hydrogen-bond acceptors (Lipinski definition) is 7. The normalized spacial score (nSPS) is 16.8. The minimum Gasteiger partial charge on any atom is -0.497 e. The highest BCUT2D eigenvalue weighted by atomic mass is 32.2. The molecule has 0 atom stereocenters. The zero-order valence-electron chi connectivity index (χ0n) is 15.8. The number of anilines is 1. The number of hydrogen-bond donors (Lipinski definition) is 0. The van der Waals surface area contributed by atoms with Gasteiger partial charge in [-0.15, -0.1) is 10.2 Å². The van der Waals surface area contributed by atoms with Crippen molar-refractivity contribution in [2.45, 2.75) is 42.6 Å². The highest BCUT2D eigenvalue weighted by Crippen LogP contribution is 2.42. The number of ether oxygens (including phenoxy) is 1. The Bertz CT molecular complexity index is 1070. The van der Waals surface area contributed by atoms with E-state index in [1.807, 2.05) is 12.1 Å². The fourth-order valence-electron chi connectivity index (χ4n) is 3.75. The number of thioether (sulfide) groups is 1. The van der Waals surface area contributed by atoms with Gasteiger partial charge in [-0.2, -0.15) is 0 Å². The summed E-state index contributed by atoms with van der Waals surface area (Å²) in [6.45, 7) is 2.11. The highest BCUT2D eigenvalue weighted by molar-refractivity contribution is 7.98. The summed E-state index contributed by atoms with van der Waals surface area (Å²) in [5, 5.41) is 10.8. The summed E-state index contributed by atoms with van der Waals surface area (Å²) in [6.07, 6.45) is 4.80. The van der Waals surface area contributed by atoms with Crippen molar-refractivity contribution in [1.29, 1.82) is 0 Å². The molecule has 1 saturated heterocycles. The molecule has 7 nitrogen and oxygen atoms in total. The fraction of sp³-hybridized carbons (Fsp3) is 0.450. The van der Waals surface area contributed by atoms with Crippen molar-refractivity contribution in [2.24, 2.45) is 0 Å². The SMILES string of the molecule is COc1ccc2c(CSc3nnc(N4CCCC4)n3C3CC3)cc(=O)oc2c1. The maximum absolute atomic E-state index is 12.0. The lowest BCUT2D eigenvalue weighted by atomic mass is 10.1. The van der Waals surface area contributed by atoms with Gasteiger partial charge in [0.15, 0.2) is 5.16 Å². The molecule has 1 aromatic carbocycles. The molecule has 0 unspecified atom stereocenters. The Labute approximate surface area is 166 Å². The molecule has 0 amide bonds. The van der Waals surface area contributed by atoms with Gasteiger partial charge in [0, 0.05) is 42.4 Å². The van der Waals surface area contributed by atoms with Crippen LogP contribution in [0.2, 0.25) is 0 Å². The molecule has 2 aromatic heterocycles.